The molecule has 4 aromatic rings. The quantitative estimate of drug-likeness (QED) is 0.353. The lowest BCUT2D eigenvalue weighted by Crippen LogP contribution is -2.39. The highest BCUT2D eigenvalue weighted by molar-refractivity contribution is 7.71. The van der Waals surface area contributed by atoms with Crippen molar-refractivity contribution in [3.05, 3.63) is 95.3 Å². The molecule has 0 bridgehead atoms. The topological polar surface area (TPSA) is 43.1 Å². The van der Waals surface area contributed by atoms with E-state index in [0.717, 1.165) is 22.5 Å². The number of aromatic nitrogens is 3. The molecular formula is C26H26N4OS. The number of aryl methyl sites for hydroxylation is 1. The predicted molar refractivity (Wildman–Crippen MR) is 132 cm³/mol. The fraction of sp³-hybridized carbons (Fsp3) is 0.192. The van der Waals surface area contributed by atoms with Crippen molar-refractivity contribution in [3.63, 3.8) is 0 Å². The van der Waals surface area contributed by atoms with E-state index in [1.165, 1.54) is 0 Å². The van der Waals surface area contributed by atoms with Crippen LogP contribution in [0.25, 0.3) is 17.1 Å². The monoisotopic (exact) mass is 442 g/mol. The molecule has 0 unspecified atom stereocenters. The van der Waals surface area contributed by atoms with Gasteiger partial charge in [0, 0.05) is 17.3 Å². The highest BCUT2D eigenvalue weighted by atomic mass is 32.1. The number of carbonyl (C=O) groups excluding carboxylic acids is 1. The number of carbonyl (C=O) groups is 1. The van der Waals surface area contributed by atoms with E-state index in [9.17, 15) is 4.79 Å². The molecule has 0 aliphatic carbocycles. The second-order valence-corrected chi connectivity index (χ2v) is 8.36. The Hall–Kier alpha value is -3.51. The molecule has 1 heterocycles. The van der Waals surface area contributed by atoms with Crippen molar-refractivity contribution in [3.8, 4) is 17.1 Å². The number of hydrogen-bond acceptors (Lipinski definition) is 3. The van der Waals surface area contributed by atoms with Crippen LogP contribution in [-0.2, 0) is 11.3 Å². The van der Waals surface area contributed by atoms with Crippen molar-refractivity contribution in [1.29, 1.82) is 0 Å². The molecule has 6 heteroatoms. The molecule has 0 aliphatic rings. The minimum Gasteiger partial charge on any atom is -0.308 e. The van der Waals surface area contributed by atoms with Crippen LogP contribution in [0.4, 0.5) is 5.69 Å². The minimum atomic E-state index is -0.0594. The van der Waals surface area contributed by atoms with E-state index in [2.05, 4.69) is 6.07 Å². The van der Waals surface area contributed by atoms with Crippen LogP contribution >= 0.6 is 12.2 Å². The van der Waals surface area contributed by atoms with E-state index >= 15 is 0 Å². The summed E-state index contributed by atoms with van der Waals surface area (Å²) in [6.45, 7) is 6.12. The normalized spacial score (nSPS) is 11.0. The van der Waals surface area contributed by atoms with Crippen LogP contribution in [-0.4, -0.2) is 26.3 Å². The first-order chi connectivity index (χ1) is 15.5. The molecule has 0 saturated carbocycles. The maximum Gasteiger partial charge on any atom is 0.249 e. The Labute approximate surface area is 193 Å². The Kier molecular flexibility index (Phi) is 6.32. The van der Waals surface area contributed by atoms with Gasteiger partial charge in [-0.1, -0.05) is 60.7 Å². The zero-order valence-corrected chi connectivity index (χ0v) is 19.3. The van der Waals surface area contributed by atoms with E-state index in [0.29, 0.717) is 10.6 Å². The van der Waals surface area contributed by atoms with E-state index in [4.69, 9.17) is 17.3 Å². The summed E-state index contributed by atoms with van der Waals surface area (Å²) in [6.07, 6.45) is 0. The molecule has 0 N–H and O–H groups in total. The van der Waals surface area contributed by atoms with E-state index in [1.807, 2.05) is 104 Å². The average Bonchev–Trinajstić information content (AvgIpc) is 3.11. The molecule has 0 saturated heterocycles. The maximum absolute atomic E-state index is 13.4. The predicted octanol–water partition coefficient (Wildman–Crippen LogP) is 5.82. The van der Waals surface area contributed by atoms with Gasteiger partial charge < -0.3 is 4.90 Å². The van der Waals surface area contributed by atoms with Crippen LogP contribution in [0.3, 0.4) is 0 Å². The molecule has 32 heavy (non-hydrogen) atoms. The average molecular weight is 443 g/mol. The summed E-state index contributed by atoms with van der Waals surface area (Å²) in [7, 11) is 0. The summed E-state index contributed by atoms with van der Waals surface area (Å²) in [6, 6.07) is 27.7. The number of amides is 1. The highest BCUT2D eigenvalue weighted by Gasteiger charge is 2.22. The van der Waals surface area contributed by atoms with Gasteiger partial charge in [0.25, 0.3) is 0 Å². The SMILES string of the molecule is Cc1cccc(-n2c(-c3ccccc3)nn(CC(=O)N(c3ccccc3)C(C)C)c2=S)c1. The zero-order chi connectivity index (χ0) is 22.7. The van der Waals surface area contributed by atoms with Gasteiger partial charge >= 0.3 is 0 Å². The summed E-state index contributed by atoms with van der Waals surface area (Å²) in [5, 5.41) is 4.79. The number of anilines is 1. The maximum atomic E-state index is 13.4. The fourth-order valence-corrected chi connectivity index (χ4v) is 4.10. The van der Waals surface area contributed by atoms with Crippen molar-refractivity contribution in [2.45, 2.75) is 33.4 Å². The molecule has 1 amide bonds. The highest BCUT2D eigenvalue weighted by Crippen LogP contribution is 2.24. The Balaban J connectivity index is 1.78. The summed E-state index contributed by atoms with van der Waals surface area (Å²) in [5.74, 6) is 0.653. The number of hydrogen-bond donors (Lipinski definition) is 0. The first kappa shape index (κ1) is 21.7. The molecule has 0 radical (unpaired) electrons. The van der Waals surface area contributed by atoms with Gasteiger partial charge in [-0.25, -0.2) is 4.68 Å². The molecule has 0 spiro atoms. The molecule has 4 rings (SSSR count). The van der Waals surface area contributed by atoms with Crippen LogP contribution in [0.1, 0.15) is 19.4 Å². The third kappa shape index (κ3) is 4.41. The Morgan fingerprint density at radius 3 is 2.25 bits per heavy atom. The van der Waals surface area contributed by atoms with E-state index in [1.54, 1.807) is 9.58 Å². The number of para-hydroxylation sites is 1. The Morgan fingerprint density at radius 1 is 0.969 bits per heavy atom. The van der Waals surface area contributed by atoms with Crippen molar-refractivity contribution in [2.24, 2.45) is 0 Å². The summed E-state index contributed by atoms with van der Waals surface area (Å²) < 4.78 is 4.05. The summed E-state index contributed by atoms with van der Waals surface area (Å²) in [4.78, 5) is 15.2. The lowest BCUT2D eigenvalue weighted by molar-refractivity contribution is -0.119. The third-order valence-corrected chi connectivity index (χ3v) is 5.63. The van der Waals surface area contributed by atoms with Gasteiger partial charge in [0.2, 0.25) is 10.7 Å². The summed E-state index contributed by atoms with van der Waals surface area (Å²) in [5.41, 5.74) is 3.86. The summed E-state index contributed by atoms with van der Waals surface area (Å²) >= 11 is 5.82. The van der Waals surface area contributed by atoms with E-state index in [-0.39, 0.29) is 18.5 Å². The van der Waals surface area contributed by atoms with Gasteiger partial charge in [-0.05, 0) is 62.8 Å². The van der Waals surface area contributed by atoms with E-state index < -0.39 is 0 Å². The third-order valence-electron chi connectivity index (χ3n) is 5.24. The Morgan fingerprint density at radius 2 is 1.62 bits per heavy atom. The van der Waals surface area contributed by atoms with Crippen LogP contribution in [0.2, 0.25) is 0 Å². The van der Waals surface area contributed by atoms with Crippen molar-refractivity contribution >= 4 is 23.8 Å². The molecule has 0 aliphatic heterocycles. The number of benzene rings is 3. The smallest absolute Gasteiger partial charge is 0.249 e. The van der Waals surface area contributed by atoms with Gasteiger partial charge in [0.05, 0.1) is 5.69 Å². The van der Waals surface area contributed by atoms with Gasteiger partial charge in [0.15, 0.2) is 5.82 Å². The second-order valence-electron chi connectivity index (χ2n) is 8.00. The van der Waals surface area contributed by atoms with Crippen LogP contribution in [0.5, 0.6) is 0 Å². The number of nitrogens with zero attached hydrogens (tertiary/aromatic N) is 4. The van der Waals surface area contributed by atoms with Crippen molar-refractivity contribution in [2.75, 3.05) is 4.90 Å². The van der Waals surface area contributed by atoms with Crippen molar-refractivity contribution < 1.29 is 4.79 Å². The van der Waals surface area contributed by atoms with Gasteiger partial charge in [-0.3, -0.25) is 9.36 Å². The molecule has 0 fully saturated rings. The molecule has 3 aromatic carbocycles. The zero-order valence-electron chi connectivity index (χ0n) is 18.5. The minimum absolute atomic E-state index is 0.00604. The van der Waals surface area contributed by atoms with Gasteiger partial charge in [0.1, 0.15) is 6.54 Å². The molecule has 162 valence electrons. The lowest BCUT2D eigenvalue weighted by atomic mass is 10.2. The second kappa shape index (κ2) is 9.32. The number of rotatable bonds is 6. The fourth-order valence-electron chi connectivity index (χ4n) is 3.81. The Bertz CT molecular complexity index is 1280. The van der Waals surface area contributed by atoms with Crippen LogP contribution in [0.15, 0.2) is 84.9 Å². The van der Waals surface area contributed by atoms with Gasteiger partial charge in [-0.15, -0.1) is 0 Å². The van der Waals surface area contributed by atoms with Crippen molar-refractivity contribution in [1.82, 2.24) is 14.3 Å². The first-order valence-electron chi connectivity index (χ1n) is 10.6. The lowest BCUT2D eigenvalue weighted by Gasteiger charge is -2.26. The first-order valence-corrected chi connectivity index (χ1v) is 11.1. The largest absolute Gasteiger partial charge is 0.308 e. The molecule has 1 aromatic heterocycles. The molecule has 0 atom stereocenters. The van der Waals surface area contributed by atoms with Crippen LogP contribution < -0.4 is 4.90 Å². The molecular weight excluding hydrogens is 416 g/mol. The standard InChI is InChI=1S/C26H26N4OS/c1-19(2)29(22-14-8-5-9-15-22)24(31)18-28-26(32)30(23-16-10-11-20(3)17-23)25(27-28)21-12-6-4-7-13-21/h4-17,19H,18H2,1-3H3. The van der Waals surface area contributed by atoms with Crippen LogP contribution in [0, 0.1) is 11.7 Å². The van der Waals surface area contributed by atoms with Gasteiger partial charge in [-0.2, -0.15) is 5.10 Å². The molecule has 5 nitrogen and oxygen atoms in total.